The zero-order chi connectivity index (χ0) is 15.8. The first-order valence-electron chi connectivity index (χ1n) is 7.65. The molecule has 6 heteroatoms. The van der Waals surface area contributed by atoms with E-state index in [0.29, 0.717) is 5.96 Å². The highest BCUT2D eigenvalue weighted by Gasteiger charge is 2.20. The summed E-state index contributed by atoms with van der Waals surface area (Å²) in [5, 5.41) is 6.08. The van der Waals surface area contributed by atoms with E-state index in [9.17, 15) is 8.78 Å². The van der Waals surface area contributed by atoms with Gasteiger partial charge in [0.25, 0.3) is 0 Å². The van der Waals surface area contributed by atoms with Gasteiger partial charge in [-0.3, -0.25) is 4.99 Å². The van der Waals surface area contributed by atoms with Crippen LogP contribution in [0.4, 0.5) is 8.78 Å². The molecule has 4 nitrogen and oxygen atoms in total. The molecule has 0 spiro atoms. The maximum absolute atomic E-state index is 13.5. The fraction of sp³-hybridized carbons (Fsp3) is 0.562. The summed E-state index contributed by atoms with van der Waals surface area (Å²) in [7, 11) is 1.64. The zero-order valence-electron chi connectivity index (χ0n) is 12.9. The van der Waals surface area contributed by atoms with Crippen LogP contribution in [0.2, 0.25) is 0 Å². The molecule has 0 aliphatic heterocycles. The quantitative estimate of drug-likeness (QED) is 0.440. The minimum atomic E-state index is -0.450. The van der Waals surface area contributed by atoms with Crippen molar-refractivity contribution in [3.8, 4) is 0 Å². The van der Waals surface area contributed by atoms with Gasteiger partial charge in [-0.1, -0.05) is 0 Å². The fourth-order valence-electron chi connectivity index (χ4n) is 1.99. The Morgan fingerprint density at radius 2 is 2.14 bits per heavy atom. The Morgan fingerprint density at radius 3 is 2.86 bits per heavy atom. The van der Waals surface area contributed by atoms with Gasteiger partial charge < -0.3 is 15.4 Å². The first-order chi connectivity index (χ1) is 10.7. The molecule has 0 saturated heterocycles. The van der Waals surface area contributed by atoms with Gasteiger partial charge in [0, 0.05) is 38.9 Å². The Balaban J connectivity index is 1.62. The minimum Gasteiger partial charge on any atom is -0.381 e. The first-order valence-corrected chi connectivity index (χ1v) is 7.65. The summed E-state index contributed by atoms with van der Waals surface area (Å²) in [6.07, 6.45) is 3.47. The second-order valence-electron chi connectivity index (χ2n) is 5.46. The summed E-state index contributed by atoms with van der Waals surface area (Å²) >= 11 is 0. The highest BCUT2D eigenvalue weighted by atomic mass is 19.1. The number of aliphatic imine (C=N–C) groups is 1. The molecule has 2 N–H and O–H groups in total. The lowest BCUT2D eigenvalue weighted by atomic mass is 10.2. The number of benzene rings is 1. The zero-order valence-corrected chi connectivity index (χ0v) is 12.9. The molecule has 1 aliphatic rings. The first kappa shape index (κ1) is 16.7. The maximum Gasteiger partial charge on any atom is 0.191 e. The van der Waals surface area contributed by atoms with Crippen LogP contribution in [-0.4, -0.2) is 32.8 Å². The molecular formula is C16H23F2N3O. The molecule has 0 radical (unpaired) electrons. The minimum absolute atomic E-state index is 0.182. The van der Waals surface area contributed by atoms with Crippen LogP contribution < -0.4 is 10.6 Å². The number of rotatable bonds is 8. The van der Waals surface area contributed by atoms with Crippen molar-refractivity contribution in [2.45, 2.75) is 25.8 Å². The Morgan fingerprint density at radius 1 is 1.32 bits per heavy atom. The fourth-order valence-corrected chi connectivity index (χ4v) is 1.99. The van der Waals surface area contributed by atoms with E-state index in [1.54, 1.807) is 7.05 Å². The van der Waals surface area contributed by atoms with Crippen LogP contribution >= 0.6 is 0 Å². The molecule has 0 atom stereocenters. The third kappa shape index (κ3) is 5.97. The molecule has 1 aromatic rings. The molecule has 0 amide bonds. The van der Waals surface area contributed by atoms with Crippen molar-refractivity contribution in [3.63, 3.8) is 0 Å². The van der Waals surface area contributed by atoms with E-state index in [-0.39, 0.29) is 12.1 Å². The summed E-state index contributed by atoms with van der Waals surface area (Å²) in [4.78, 5) is 4.05. The van der Waals surface area contributed by atoms with Gasteiger partial charge in [-0.05, 0) is 43.4 Å². The number of guanidine groups is 1. The normalized spacial score (nSPS) is 15.0. The predicted octanol–water partition coefficient (Wildman–Crippen LogP) is 2.45. The Kier molecular flexibility index (Phi) is 6.58. The number of ether oxygens (including phenoxy) is 1. The molecule has 0 heterocycles. The molecule has 0 unspecified atom stereocenters. The van der Waals surface area contributed by atoms with E-state index in [1.807, 2.05) is 0 Å². The van der Waals surface area contributed by atoms with Crippen molar-refractivity contribution in [2.24, 2.45) is 10.9 Å². The van der Waals surface area contributed by atoms with Gasteiger partial charge in [-0.2, -0.15) is 0 Å². The van der Waals surface area contributed by atoms with Crippen LogP contribution in [0.15, 0.2) is 23.2 Å². The topological polar surface area (TPSA) is 45.7 Å². The lowest BCUT2D eigenvalue weighted by Gasteiger charge is -2.12. The van der Waals surface area contributed by atoms with Crippen molar-refractivity contribution in [1.82, 2.24) is 10.6 Å². The van der Waals surface area contributed by atoms with E-state index in [4.69, 9.17) is 4.74 Å². The van der Waals surface area contributed by atoms with E-state index in [2.05, 4.69) is 15.6 Å². The number of nitrogens with zero attached hydrogens (tertiary/aromatic N) is 1. The second-order valence-corrected chi connectivity index (χ2v) is 5.46. The lowest BCUT2D eigenvalue weighted by molar-refractivity contribution is 0.123. The average Bonchev–Trinajstić information content (AvgIpc) is 3.33. The van der Waals surface area contributed by atoms with Crippen LogP contribution in [0.3, 0.4) is 0 Å². The Hall–Kier alpha value is -1.69. The average molecular weight is 311 g/mol. The maximum atomic E-state index is 13.5. The van der Waals surface area contributed by atoms with Gasteiger partial charge in [-0.25, -0.2) is 8.78 Å². The van der Waals surface area contributed by atoms with Gasteiger partial charge in [0.1, 0.15) is 11.6 Å². The molecule has 22 heavy (non-hydrogen) atoms. The number of hydrogen-bond acceptors (Lipinski definition) is 2. The summed E-state index contributed by atoms with van der Waals surface area (Å²) in [6, 6.07) is 3.41. The Labute approximate surface area is 130 Å². The number of nitrogens with one attached hydrogen (secondary N) is 2. The van der Waals surface area contributed by atoms with E-state index < -0.39 is 11.6 Å². The third-order valence-corrected chi connectivity index (χ3v) is 3.49. The lowest BCUT2D eigenvalue weighted by Crippen LogP contribution is -2.37. The predicted molar refractivity (Wildman–Crippen MR) is 82.7 cm³/mol. The molecule has 1 fully saturated rings. The molecule has 1 aliphatic carbocycles. The van der Waals surface area contributed by atoms with Crippen LogP contribution in [0.25, 0.3) is 0 Å². The smallest absolute Gasteiger partial charge is 0.191 e. The number of hydrogen-bond donors (Lipinski definition) is 2. The van der Waals surface area contributed by atoms with Crippen molar-refractivity contribution in [3.05, 3.63) is 35.4 Å². The van der Waals surface area contributed by atoms with Crippen molar-refractivity contribution in [1.29, 1.82) is 0 Å². The molecule has 2 rings (SSSR count). The highest BCUT2D eigenvalue weighted by Crippen LogP contribution is 2.28. The summed E-state index contributed by atoms with van der Waals surface area (Å²) in [6.45, 7) is 2.49. The van der Waals surface area contributed by atoms with E-state index in [0.717, 1.165) is 44.2 Å². The molecular weight excluding hydrogens is 288 g/mol. The molecule has 0 bridgehead atoms. The monoisotopic (exact) mass is 311 g/mol. The molecule has 0 aromatic heterocycles. The van der Waals surface area contributed by atoms with Crippen LogP contribution in [0.5, 0.6) is 0 Å². The molecule has 1 saturated carbocycles. The van der Waals surface area contributed by atoms with Gasteiger partial charge in [0.05, 0.1) is 0 Å². The largest absolute Gasteiger partial charge is 0.381 e. The SMILES string of the molecule is CN=C(NCCCOCC1CC1)NCc1cc(F)ccc1F. The van der Waals surface area contributed by atoms with Gasteiger partial charge in [0.2, 0.25) is 0 Å². The summed E-state index contributed by atoms with van der Waals surface area (Å²) in [5.41, 5.74) is 0.274. The Bertz CT molecular complexity index is 504. The summed E-state index contributed by atoms with van der Waals surface area (Å²) in [5.74, 6) is 0.459. The standard InChI is InChI=1S/C16H23F2N3O/c1-19-16(20-7-2-8-22-11-12-3-4-12)21-10-13-9-14(17)5-6-15(13)18/h5-6,9,12H,2-4,7-8,10-11H2,1H3,(H2,19,20,21). The van der Waals surface area contributed by atoms with Crippen molar-refractivity contribution in [2.75, 3.05) is 26.8 Å². The van der Waals surface area contributed by atoms with Gasteiger partial charge in [0.15, 0.2) is 5.96 Å². The molecule has 122 valence electrons. The number of halogens is 2. The highest BCUT2D eigenvalue weighted by molar-refractivity contribution is 5.79. The summed E-state index contributed by atoms with van der Waals surface area (Å²) < 4.78 is 32.1. The second kappa shape index (κ2) is 8.68. The van der Waals surface area contributed by atoms with E-state index >= 15 is 0 Å². The molecule has 1 aromatic carbocycles. The van der Waals surface area contributed by atoms with Gasteiger partial charge in [-0.15, -0.1) is 0 Å². The van der Waals surface area contributed by atoms with E-state index in [1.165, 1.54) is 18.9 Å². The van der Waals surface area contributed by atoms with Crippen LogP contribution in [-0.2, 0) is 11.3 Å². The van der Waals surface area contributed by atoms with Gasteiger partial charge >= 0.3 is 0 Å². The van der Waals surface area contributed by atoms with Crippen LogP contribution in [0.1, 0.15) is 24.8 Å². The van der Waals surface area contributed by atoms with Crippen molar-refractivity contribution >= 4 is 5.96 Å². The third-order valence-electron chi connectivity index (χ3n) is 3.49. The van der Waals surface area contributed by atoms with Crippen LogP contribution in [0, 0.1) is 17.6 Å². The van der Waals surface area contributed by atoms with Crippen molar-refractivity contribution < 1.29 is 13.5 Å².